The Bertz CT molecular complexity index is 899. The van der Waals surface area contributed by atoms with Crippen molar-refractivity contribution in [3.8, 4) is 0 Å². The molecule has 3 rings (SSSR count). The van der Waals surface area contributed by atoms with Gasteiger partial charge in [-0.05, 0) is 43.7 Å². The Morgan fingerprint density at radius 2 is 1.77 bits per heavy atom. The summed E-state index contributed by atoms with van der Waals surface area (Å²) in [6, 6.07) is 7.68. The van der Waals surface area contributed by atoms with Crippen LogP contribution in [0.25, 0.3) is 0 Å². The van der Waals surface area contributed by atoms with Crippen molar-refractivity contribution in [2.75, 3.05) is 45.2 Å². The van der Waals surface area contributed by atoms with Gasteiger partial charge in [-0.2, -0.15) is 0 Å². The summed E-state index contributed by atoms with van der Waals surface area (Å²) in [6.07, 6.45) is 0. The third kappa shape index (κ3) is 4.74. The van der Waals surface area contributed by atoms with E-state index in [-0.39, 0.29) is 17.9 Å². The lowest BCUT2D eigenvalue weighted by Crippen LogP contribution is -2.47. The standard InChI is InChI=1S/C23H31N3O3S/c1-6-25-11-13-26(14-12-25)21(18-7-9-19(10-8-18)23(28)29-5)20-15(2)16(3)30-22(20)24-17(4)27/h7-10,21H,6,11-14H2,1-5H3,(H,24,27)/t21-/m1/s1. The number of rotatable bonds is 6. The number of nitrogens with one attached hydrogen (secondary N) is 1. The highest BCUT2D eigenvalue weighted by atomic mass is 32.1. The Morgan fingerprint density at radius 3 is 2.30 bits per heavy atom. The van der Waals surface area contributed by atoms with Crippen molar-refractivity contribution in [1.82, 2.24) is 9.80 Å². The number of carbonyl (C=O) groups is 2. The zero-order valence-electron chi connectivity index (χ0n) is 18.4. The van der Waals surface area contributed by atoms with Crippen molar-refractivity contribution in [2.45, 2.75) is 33.7 Å². The first-order valence-electron chi connectivity index (χ1n) is 10.4. The summed E-state index contributed by atoms with van der Waals surface area (Å²) < 4.78 is 4.85. The van der Waals surface area contributed by atoms with Crippen LogP contribution in [-0.2, 0) is 9.53 Å². The maximum absolute atomic E-state index is 11.9. The first-order chi connectivity index (χ1) is 14.3. The van der Waals surface area contributed by atoms with Crippen LogP contribution in [-0.4, -0.2) is 61.5 Å². The molecule has 2 heterocycles. The number of likely N-dealkylation sites (N-methyl/N-ethyl adjacent to an activating group) is 1. The van der Waals surface area contributed by atoms with Gasteiger partial charge >= 0.3 is 5.97 Å². The predicted octanol–water partition coefficient (Wildman–Crippen LogP) is 3.84. The second-order valence-electron chi connectivity index (χ2n) is 7.69. The molecule has 1 amide bonds. The summed E-state index contributed by atoms with van der Waals surface area (Å²) >= 11 is 1.63. The number of carbonyl (C=O) groups excluding carboxylic acids is 2. The maximum Gasteiger partial charge on any atom is 0.337 e. The summed E-state index contributed by atoms with van der Waals surface area (Å²) in [7, 11) is 1.39. The molecule has 1 N–H and O–H groups in total. The average Bonchev–Trinajstić information content (AvgIpc) is 3.01. The molecule has 1 saturated heterocycles. The summed E-state index contributed by atoms with van der Waals surface area (Å²) in [5, 5.41) is 3.97. The summed E-state index contributed by atoms with van der Waals surface area (Å²) in [5.74, 6) is -0.399. The Morgan fingerprint density at radius 1 is 1.13 bits per heavy atom. The predicted molar refractivity (Wildman–Crippen MR) is 121 cm³/mol. The topological polar surface area (TPSA) is 61.9 Å². The van der Waals surface area contributed by atoms with E-state index in [4.69, 9.17) is 4.74 Å². The van der Waals surface area contributed by atoms with Crippen LogP contribution in [0.3, 0.4) is 0 Å². The molecule has 2 aromatic rings. The van der Waals surface area contributed by atoms with Gasteiger partial charge in [0.1, 0.15) is 5.00 Å². The van der Waals surface area contributed by atoms with E-state index in [0.29, 0.717) is 5.56 Å². The van der Waals surface area contributed by atoms with Gasteiger partial charge in [-0.25, -0.2) is 4.79 Å². The second kappa shape index (κ2) is 9.73. The van der Waals surface area contributed by atoms with Crippen molar-refractivity contribution in [2.24, 2.45) is 0 Å². The largest absolute Gasteiger partial charge is 0.465 e. The zero-order chi connectivity index (χ0) is 21.8. The van der Waals surface area contributed by atoms with E-state index in [1.54, 1.807) is 18.3 Å². The number of esters is 1. The molecule has 0 bridgehead atoms. The minimum atomic E-state index is -0.337. The lowest BCUT2D eigenvalue weighted by atomic mass is 9.93. The minimum absolute atomic E-state index is 0.0162. The van der Waals surface area contributed by atoms with Gasteiger partial charge in [0, 0.05) is 43.5 Å². The number of thiophene rings is 1. The van der Waals surface area contributed by atoms with E-state index in [1.165, 1.54) is 17.6 Å². The fraction of sp³-hybridized carbons (Fsp3) is 0.478. The molecule has 1 fully saturated rings. The smallest absolute Gasteiger partial charge is 0.337 e. The molecule has 1 aliphatic rings. The Kier molecular flexibility index (Phi) is 7.28. The number of hydrogen-bond donors (Lipinski definition) is 1. The molecule has 6 nitrogen and oxygen atoms in total. The van der Waals surface area contributed by atoms with E-state index in [9.17, 15) is 9.59 Å². The first kappa shape index (κ1) is 22.5. The summed E-state index contributed by atoms with van der Waals surface area (Å²) in [5.41, 5.74) is 4.02. The molecule has 0 radical (unpaired) electrons. The molecule has 1 aliphatic heterocycles. The van der Waals surface area contributed by atoms with Crippen LogP contribution in [0, 0.1) is 13.8 Å². The lowest BCUT2D eigenvalue weighted by Gasteiger charge is -2.39. The van der Waals surface area contributed by atoms with Crippen molar-refractivity contribution in [1.29, 1.82) is 0 Å². The number of anilines is 1. The van der Waals surface area contributed by atoms with Gasteiger partial charge in [0.15, 0.2) is 0 Å². The summed E-state index contributed by atoms with van der Waals surface area (Å²) in [6.45, 7) is 13.0. The normalized spacial score (nSPS) is 16.3. The van der Waals surface area contributed by atoms with E-state index >= 15 is 0 Å². The number of amides is 1. The molecular formula is C23H31N3O3S. The Balaban J connectivity index is 2.05. The number of piperazine rings is 1. The molecule has 0 saturated carbocycles. The molecule has 1 aromatic carbocycles. The molecule has 162 valence electrons. The molecule has 30 heavy (non-hydrogen) atoms. The Labute approximate surface area is 182 Å². The van der Waals surface area contributed by atoms with Crippen molar-refractivity contribution in [3.05, 3.63) is 51.4 Å². The van der Waals surface area contributed by atoms with Gasteiger partial charge in [-0.15, -0.1) is 11.3 Å². The van der Waals surface area contributed by atoms with Crippen LogP contribution < -0.4 is 5.32 Å². The average molecular weight is 430 g/mol. The second-order valence-corrected chi connectivity index (χ2v) is 8.92. The van der Waals surface area contributed by atoms with Gasteiger partial charge < -0.3 is 15.0 Å². The number of methoxy groups -OCH3 is 1. The van der Waals surface area contributed by atoms with Gasteiger partial charge in [-0.3, -0.25) is 9.69 Å². The van der Waals surface area contributed by atoms with Gasteiger partial charge in [0.05, 0.1) is 18.7 Å². The van der Waals surface area contributed by atoms with Gasteiger partial charge in [0.25, 0.3) is 0 Å². The molecule has 1 aromatic heterocycles. The third-order valence-corrected chi connectivity index (χ3v) is 7.00. The minimum Gasteiger partial charge on any atom is -0.465 e. The van der Waals surface area contributed by atoms with Gasteiger partial charge in [0.2, 0.25) is 5.91 Å². The van der Waals surface area contributed by atoms with Crippen LogP contribution in [0.2, 0.25) is 0 Å². The first-order valence-corrected chi connectivity index (χ1v) is 11.2. The molecule has 0 spiro atoms. The van der Waals surface area contributed by atoms with E-state index < -0.39 is 0 Å². The number of aryl methyl sites for hydroxylation is 1. The van der Waals surface area contributed by atoms with Crippen LogP contribution in [0.4, 0.5) is 5.00 Å². The van der Waals surface area contributed by atoms with E-state index in [0.717, 1.165) is 48.9 Å². The lowest BCUT2D eigenvalue weighted by molar-refractivity contribution is -0.114. The zero-order valence-corrected chi connectivity index (χ0v) is 19.3. The molecule has 0 unspecified atom stereocenters. The highest BCUT2D eigenvalue weighted by Gasteiger charge is 2.31. The number of benzene rings is 1. The van der Waals surface area contributed by atoms with Crippen LogP contribution in [0.5, 0.6) is 0 Å². The van der Waals surface area contributed by atoms with Crippen LogP contribution in [0.1, 0.15) is 51.8 Å². The van der Waals surface area contributed by atoms with Crippen molar-refractivity contribution in [3.63, 3.8) is 0 Å². The fourth-order valence-corrected chi connectivity index (χ4v) is 5.18. The molecular weight excluding hydrogens is 398 g/mol. The number of nitrogens with zero attached hydrogens (tertiary/aromatic N) is 2. The molecule has 0 aliphatic carbocycles. The Hall–Kier alpha value is -2.22. The molecule has 7 heteroatoms. The monoisotopic (exact) mass is 429 g/mol. The van der Waals surface area contributed by atoms with Gasteiger partial charge in [-0.1, -0.05) is 19.1 Å². The fourth-order valence-electron chi connectivity index (χ4n) is 4.04. The number of ether oxygens (including phenoxy) is 1. The van der Waals surface area contributed by atoms with Crippen molar-refractivity contribution >= 4 is 28.2 Å². The van der Waals surface area contributed by atoms with Crippen LogP contribution >= 0.6 is 11.3 Å². The number of hydrogen-bond acceptors (Lipinski definition) is 6. The van der Waals surface area contributed by atoms with E-state index in [2.05, 4.69) is 35.9 Å². The quantitative estimate of drug-likeness (QED) is 0.707. The van der Waals surface area contributed by atoms with E-state index in [1.807, 2.05) is 24.3 Å². The SMILES string of the molecule is CCN1CCN([C@H](c2ccc(C(=O)OC)cc2)c2c(NC(C)=O)sc(C)c2C)CC1. The van der Waals surface area contributed by atoms with Crippen molar-refractivity contribution < 1.29 is 14.3 Å². The highest BCUT2D eigenvalue weighted by Crippen LogP contribution is 2.42. The molecule has 1 atom stereocenters. The third-order valence-electron chi connectivity index (χ3n) is 5.86. The highest BCUT2D eigenvalue weighted by molar-refractivity contribution is 7.16. The maximum atomic E-state index is 11.9. The summed E-state index contributed by atoms with van der Waals surface area (Å²) in [4.78, 5) is 29.9. The van der Waals surface area contributed by atoms with Crippen LogP contribution in [0.15, 0.2) is 24.3 Å².